The molecule has 0 aliphatic heterocycles. The van der Waals surface area contributed by atoms with E-state index < -0.39 is 0 Å². The molecule has 3 rings (SSSR count). The van der Waals surface area contributed by atoms with Crippen molar-refractivity contribution in [3.8, 4) is 0 Å². The minimum atomic E-state index is -0.376. The highest BCUT2D eigenvalue weighted by atomic mass is 16.5. The van der Waals surface area contributed by atoms with Gasteiger partial charge in [-0.15, -0.1) is 0 Å². The third-order valence-corrected chi connectivity index (χ3v) is 3.60. The SMILES string of the molecule is COC(=O)c1ccc(CNC(=O)c2cc3ccccc3[nH]2)cc1. The maximum absolute atomic E-state index is 12.2. The molecule has 0 saturated carbocycles. The maximum Gasteiger partial charge on any atom is 0.337 e. The number of benzene rings is 2. The summed E-state index contributed by atoms with van der Waals surface area (Å²) in [5.74, 6) is -0.545. The van der Waals surface area contributed by atoms with E-state index in [1.807, 2.05) is 30.3 Å². The highest BCUT2D eigenvalue weighted by Gasteiger charge is 2.09. The van der Waals surface area contributed by atoms with Gasteiger partial charge in [0.15, 0.2) is 0 Å². The molecule has 23 heavy (non-hydrogen) atoms. The van der Waals surface area contributed by atoms with Crippen molar-refractivity contribution in [2.75, 3.05) is 7.11 Å². The smallest absolute Gasteiger partial charge is 0.337 e. The highest BCUT2D eigenvalue weighted by molar-refractivity contribution is 5.98. The van der Waals surface area contributed by atoms with Gasteiger partial charge in [0.05, 0.1) is 12.7 Å². The number of carbonyl (C=O) groups excluding carboxylic acids is 2. The number of fused-ring (bicyclic) bond motifs is 1. The molecule has 1 heterocycles. The van der Waals surface area contributed by atoms with Crippen LogP contribution in [0.1, 0.15) is 26.4 Å². The Hall–Kier alpha value is -3.08. The molecule has 1 amide bonds. The van der Waals surface area contributed by atoms with E-state index in [2.05, 4.69) is 15.0 Å². The van der Waals surface area contributed by atoms with Gasteiger partial charge in [-0.25, -0.2) is 4.79 Å². The number of nitrogens with one attached hydrogen (secondary N) is 2. The van der Waals surface area contributed by atoms with Crippen molar-refractivity contribution >= 4 is 22.8 Å². The highest BCUT2D eigenvalue weighted by Crippen LogP contribution is 2.14. The summed E-state index contributed by atoms with van der Waals surface area (Å²) in [5, 5.41) is 3.85. The summed E-state index contributed by atoms with van der Waals surface area (Å²) in [4.78, 5) is 26.6. The summed E-state index contributed by atoms with van der Waals surface area (Å²) >= 11 is 0. The van der Waals surface area contributed by atoms with Gasteiger partial charge in [-0.1, -0.05) is 30.3 Å². The number of hydrogen-bond acceptors (Lipinski definition) is 3. The lowest BCUT2D eigenvalue weighted by atomic mass is 10.1. The second-order valence-corrected chi connectivity index (χ2v) is 5.14. The molecule has 0 unspecified atom stereocenters. The zero-order valence-electron chi connectivity index (χ0n) is 12.6. The Morgan fingerprint density at radius 3 is 2.52 bits per heavy atom. The summed E-state index contributed by atoms with van der Waals surface area (Å²) < 4.78 is 4.65. The lowest BCUT2D eigenvalue weighted by Gasteiger charge is -2.05. The van der Waals surface area contributed by atoms with Crippen molar-refractivity contribution in [3.05, 3.63) is 71.4 Å². The van der Waals surface area contributed by atoms with Crippen LogP contribution in [0.25, 0.3) is 10.9 Å². The van der Waals surface area contributed by atoms with Crippen LogP contribution in [0.4, 0.5) is 0 Å². The van der Waals surface area contributed by atoms with Gasteiger partial charge in [0.25, 0.3) is 5.91 Å². The van der Waals surface area contributed by atoms with E-state index in [4.69, 9.17) is 0 Å². The number of H-pyrrole nitrogens is 1. The van der Waals surface area contributed by atoms with E-state index in [0.29, 0.717) is 17.8 Å². The Kier molecular flexibility index (Phi) is 4.10. The molecule has 0 bridgehead atoms. The van der Waals surface area contributed by atoms with E-state index in [1.54, 1.807) is 24.3 Å². The molecule has 0 radical (unpaired) electrons. The summed E-state index contributed by atoms with van der Waals surface area (Å²) in [6.45, 7) is 0.385. The standard InChI is InChI=1S/C18H16N2O3/c1-23-18(22)13-8-6-12(7-9-13)11-19-17(21)16-10-14-4-2-3-5-15(14)20-16/h2-10,20H,11H2,1H3,(H,19,21). The van der Waals surface area contributed by atoms with Crippen LogP contribution in [0.2, 0.25) is 0 Å². The number of hydrogen-bond donors (Lipinski definition) is 2. The molecule has 5 heteroatoms. The van der Waals surface area contributed by atoms with Gasteiger partial charge in [0.1, 0.15) is 5.69 Å². The number of rotatable bonds is 4. The first-order valence-electron chi connectivity index (χ1n) is 7.20. The van der Waals surface area contributed by atoms with Crippen molar-refractivity contribution in [3.63, 3.8) is 0 Å². The van der Waals surface area contributed by atoms with E-state index in [1.165, 1.54) is 7.11 Å². The molecule has 2 N–H and O–H groups in total. The first-order chi connectivity index (χ1) is 11.2. The molecule has 0 saturated heterocycles. The fourth-order valence-electron chi connectivity index (χ4n) is 2.35. The van der Waals surface area contributed by atoms with Crippen molar-refractivity contribution in [1.29, 1.82) is 0 Å². The number of aromatic amines is 1. The van der Waals surface area contributed by atoms with Crippen LogP contribution >= 0.6 is 0 Å². The van der Waals surface area contributed by atoms with Gasteiger partial charge in [-0.3, -0.25) is 4.79 Å². The first-order valence-corrected chi connectivity index (χ1v) is 7.20. The van der Waals surface area contributed by atoms with Gasteiger partial charge in [0.2, 0.25) is 0 Å². The van der Waals surface area contributed by atoms with Crippen LogP contribution in [-0.4, -0.2) is 24.0 Å². The zero-order valence-corrected chi connectivity index (χ0v) is 12.6. The van der Waals surface area contributed by atoms with Crippen molar-refractivity contribution in [2.45, 2.75) is 6.54 Å². The molecule has 1 aromatic heterocycles. The van der Waals surface area contributed by atoms with E-state index >= 15 is 0 Å². The monoisotopic (exact) mass is 308 g/mol. The second-order valence-electron chi connectivity index (χ2n) is 5.14. The number of ether oxygens (including phenoxy) is 1. The Morgan fingerprint density at radius 2 is 1.83 bits per heavy atom. The van der Waals surface area contributed by atoms with Crippen LogP contribution in [0.5, 0.6) is 0 Å². The van der Waals surface area contributed by atoms with Gasteiger partial charge in [-0.05, 0) is 29.8 Å². The topological polar surface area (TPSA) is 71.2 Å². The lowest BCUT2D eigenvalue weighted by molar-refractivity contribution is 0.0600. The van der Waals surface area contributed by atoms with Crippen molar-refractivity contribution in [1.82, 2.24) is 10.3 Å². The number of amides is 1. The van der Waals surface area contributed by atoms with Crippen molar-refractivity contribution in [2.24, 2.45) is 0 Å². The molecule has 0 atom stereocenters. The van der Waals surface area contributed by atoms with Gasteiger partial charge in [-0.2, -0.15) is 0 Å². The lowest BCUT2D eigenvalue weighted by Crippen LogP contribution is -2.23. The predicted octanol–water partition coefficient (Wildman–Crippen LogP) is 2.88. The number of para-hydroxylation sites is 1. The molecular weight excluding hydrogens is 292 g/mol. The molecule has 0 fully saturated rings. The normalized spacial score (nSPS) is 10.5. The fourth-order valence-corrected chi connectivity index (χ4v) is 2.35. The summed E-state index contributed by atoms with van der Waals surface area (Å²) in [5.41, 5.74) is 2.85. The first kappa shape index (κ1) is 14.8. The Morgan fingerprint density at radius 1 is 1.09 bits per heavy atom. The van der Waals surface area contributed by atoms with Crippen LogP contribution < -0.4 is 5.32 Å². The van der Waals surface area contributed by atoms with Crippen LogP contribution in [-0.2, 0) is 11.3 Å². The Bertz CT molecular complexity index is 817. The van der Waals surface area contributed by atoms with Gasteiger partial charge in [0, 0.05) is 17.4 Å². The molecule has 0 aliphatic rings. The minimum absolute atomic E-state index is 0.168. The third-order valence-electron chi connectivity index (χ3n) is 3.60. The average molecular weight is 308 g/mol. The van der Waals surface area contributed by atoms with Crippen molar-refractivity contribution < 1.29 is 14.3 Å². The summed E-state index contributed by atoms with van der Waals surface area (Å²) in [6, 6.07) is 16.5. The summed E-state index contributed by atoms with van der Waals surface area (Å²) in [6.07, 6.45) is 0. The van der Waals surface area contributed by atoms with E-state index in [0.717, 1.165) is 16.5 Å². The van der Waals surface area contributed by atoms with E-state index in [-0.39, 0.29) is 11.9 Å². The second kappa shape index (κ2) is 6.36. The number of methoxy groups -OCH3 is 1. The molecule has 2 aromatic carbocycles. The quantitative estimate of drug-likeness (QED) is 0.728. The fraction of sp³-hybridized carbons (Fsp3) is 0.111. The maximum atomic E-state index is 12.2. The molecule has 5 nitrogen and oxygen atoms in total. The molecule has 3 aromatic rings. The number of carbonyl (C=O) groups is 2. The molecule has 0 aliphatic carbocycles. The molecule has 0 spiro atoms. The Balaban J connectivity index is 1.65. The van der Waals surface area contributed by atoms with E-state index in [9.17, 15) is 9.59 Å². The van der Waals surface area contributed by atoms with Gasteiger partial charge < -0.3 is 15.0 Å². The number of esters is 1. The molecular formula is C18H16N2O3. The largest absolute Gasteiger partial charge is 0.465 e. The zero-order chi connectivity index (χ0) is 16.2. The third kappa shape index (κ3) is 3.23. The van der Waals surface area contributed by atoms with Crippen LogP contribution in [0.15, 0.2) is 54.6 Å². The minimum Gasteiger partial charge on any atom is -0.465 e. The number of aromatic nitrogens is 1. The van der Waals surface area contributed by atoms with Crippen LogP contribution in [0.3, 0.4) is 0 Å². The summed E-state index contributed by atoms with van der Waals surface area (Å²) in [7, 11) is 1.34. The van der Waals surface area contributed by atoms with Gasteiger partial charge >= 0.3 is 5.97 Å². The predicted molar refractivity (Wildman–Crippen MR) is 87.3 cm³/mol. The van der Waals surface area contributed by atoms with Crippen LogP contribution in [0, 0.1) is 0 Å². The Labute approximate surface area is 133 Å². The molecule has 116 valence electrons. The average Bonchev–Trinajstić information content (AvgIpc) is 3.03.